The van der Waals surface area contributed by atoms with Crippen molar-refractivity contribution in [3.63, 3.8) is 0 Å². The number of amides is 1. The van der Waals surface area contributed by atoms with Crippen molar-refractivity contribution in [2.24, 2.45) is 0 Å². The molecule has 0 aromatic heterocycles. The van der Waals surface area contributed by atoms with Gasteiger partial charge in [0.1, 0.15) is 6.16 Å². The van der Waals surface area contributed by atoms with Gasteiger partial charge in [0.2, 0.25) is 5.91 Å². The minimum Gasteiger partial charge on any atom is -0.325 e. The Morgan fingerprint density at radius 1 is 1.32 bits per heavy atom. The lowest BCUT2D eigenvalue weighted by atomic mass is 10.3. The molecule has 1 rings (SSSR count). The van der Waals surface area contributed by atoms with Crippen LogP contribution in [0.3, 0.4) is 0 Å². The smallest absolute Gasteiger partial charge is 0.325 e. The molecule has 19 heavy (non-hydrogen) atoms. The van der Waals surface area contributed by atoms with Crippen molar-refractivity contribution in [3.05, 3.63) is 28.7 Å². The Morgan fingerprint density at radius 2 is 1.95 bits per heavy atom. The van der Waals surface area contributed by atoms with Crippen molar-refractivity contribution >= 4 is 35.1 Å². The second kappa shape index (κ2) is 7.80. The first-order valence-corrected chi connectivity index (χ1v) is 8.44. The molecule has 0 heterocycles. The molecule has 5 nitrogen and oxygen atoms in total. The highest BCUT2D eigenvalue weighted by Gasteiger charge is 2.27. The number of halogens is 1. The van der Waals surface area contributed by atoms with Crippen LogP contribution in [0.15, 0.2) is 28.7 Å². The fourth-order valence-corrected chi connectivity index (χ4v) is 3.34. The largest absolute Gasteiger partial charge is 0.340 e. The second-order valence-corrected chi connectivity index (χ2v) is 6.63. The minimum atomic E-state index is -3.35. The van der Waals surface area contributed by atoms with E-state index in [2.05, 4.69) is 21.2 Å². The zero-order chi connectivity index (χ0) is 14.3. The quantitative estimate of drug-likeness (QED) is 0.763. The van der Waals surface area contributed by atoms with Crippen LogP contribution in [0.25, 0.3) is 0 Å². The Bertz CT molecular complexity index is 471. The first-order valence-electron chi connectivity index (χ1n) is 5.92. The number of benzene rings is 1. The second-order valence-electron chi connectivity index (χ2n) is 3.66. The average molecular weight is 350 g/mol. The maximum atomic E-state index is 12.2. The molecule has 0 aliphatic rings. The topological polar surface area (TPSA) is 64.6 Å². The molecule has 0 bridgehead atoms. The van der Waals surface area contributed by atoms with Crippen molar-refractivity contribution in [3.8, 4) is 0 Å². The first kappa shape index (κ1) is 16.4. The fraction of sp³-hybridized carbons (Fsp3) is 0.417. The Morgan fingerprint density at radius 3 is 2.47 bits per heavy atom. The van der Waals surface area contributed by atoms with E-state index in [0.29, 0.717) is 5.69 Å². The van der Waals surface area contributed by atoms with E-state index >= 15 is 0 Å². The lowest BCUT2D eigenvalue weighted by Gasteiger charge is -2.16. The summed E-state index contributed by atoms with van der Waals surface area (Å²) in [5.41, 5.74) is 0.624. The van der Waals surface area contributed by atoms with Crippen molar-refractivity contribution in [1.82, 2.24) is 0 Å². The number of nitrogens with one attached hydrogen (secondary N) is 1. The van der Waals surface area contributed by atoms with Crippen LogP contribution in [-0.2, 0) is 18.4 Å². The maximum Gasteiger partial charge on any atom is 0.340 e. The average Bonchev–Trinajstić information content (AvgIpc) is 2.28. The molecule has 0 spiro atoms. The van der Waals surface area contributed by atoms with Gasteiger partial charge >= 0.3 is 7.60 Å². The van der Waals surface area contributed by atoms with Crippen LogP contribution in [0.5, 0.6) is 0 Å². The van der Waals surface area contributed by atoms with Gasteiger partial charge in [0.15, 0.2) is 0 Å². The summed E-state index contributed by atoms with van der Waals surface area (Å²) in [6.07, 6.45) is -0.290. The molecule has 7 heteroatoms. The number of hydrogen-bond acceptors (Lipinski definition) is 4. The van der Waals surface area contributed by atoms with Gasteiger partial charge in [0.25, 0.3) is 0 Å². The van der Waals surface area contributed by atoms with Gasteiger partial charge in [-0.05, 0) is 32.0 Å². The predicted octanol–water partition coefficient (Wildman–Crippen LogP) is 3.65. The molecular formula is C12H17BrNO4P. The van der Waals surface area contributed by atoms with Gasteiger partial charge < -0.3 is 14.4 Å². The summed E-state index contributed by atoms with van der Waals surface area (Å²) in [6.45, 7) is 3.89. The van der Waals surface area contributed by atoms with Gasteiger partial charge in [-0.2, -0.15) is 0 Å². The van der Waals surface area contributed by atoms with Gasteiger partial charge in [-0.25, -0.2) is 0 Å². The van der Waals surface area contributed by atoms with Crippen LogP contribution >= 0.6 is 23.5 Å². The Labute approximate surface area is 121 Å². The fourth-order valence-electron chi connectivity index (χ4n) is 1.46. The SMILES string of the molecule is CCOP(=O)(CC(=O)Nc1cccc(Br)c1)OCC. The van der Waals surface area contributed by atoms with E-state index in [1.807, 2.05) is 6.07 Å². The summed E-state index contributed by atoms with van der Waals surface area (Å²) in [5.74, 6) is -0.400. The monoisotopic (exact) mass is 349 g/mol. The molecule has 1 N–H and O–H groups in total. The molecule has 1 aromatic rings. The highest BCUT2D eigenvalue weighted by Crippen LogP contribution is 2.47. The molecule has 1 aromatic carbocycles. The molecular weight excluding hydrogens is 333 g/mol. The van der Waals surface area contributed by atoms with Gasteiger partial charge in [-0.3, -0.25) is 9.36 Å². The molecule has 0 saturated heterocycles. The third-order valence-corrected chi connectivity index (χ3v) is 4.57. The van der Waals surface area contributed by atoms with Crippen molar-refractivity contribution < 1.29 is 18.4 Å². The Kier molecular flexibility index (Phi) is 6.72. The molecule has 1 amide bonds. The zero-order valence-electron chi connectivity index (χ0n) is 10.9. The lowest BCUT2D eigenvalue weighted by Crippen LogP contribution is -2.18. The molecule has 0 aliphatic carbocycles. The van der Waals surface area contributed by atoms with Crippen LogP contribution < -0.4 is 5.32 Å². The van der Waals surface area contributed by atoms with Gasteiger partial charge in [-0.15, -0.1) is 0 Å². The molecule has 106 valence electrons. The molecule has 0 atom stereocenters. The maximum absolute atomic E-state index is 12.2. The molecule has 0 aliphatic heterocycles. The molecule has 0 fully saturated rings. The first-order chi connectivity index (χ1) is 8.99. The Balaban J connectivity index is 2.65. The van der Waals surface area contributed by atoms with E-state index < -0.39 is 13.5 Å². The van der Waals surface area contributed by atoms with Gasteiger partial charge in [-0.1, -0.05) is 22.0 Å². The highest BCUT2D eigenvalue weighted by molar-refractivity contribution is 9.10. The van der Waals surface area contributed by atoms with E-state index in [0.717, 1.165) is 4.47 Å². The van der Waals surface area contributed by atoms with E-state index in [-0.39, 0.29) is 19.4 Å². The number of carbonyl (C=O) groups is 1. The summed E-state index contributed by atoms with van der Waals surface area (Å²) < 4.78 is 23.1. The van der Waals surface area contributed by atoms with Crippen LogP contribution in [0.2, 0.25) is 0 Å². The van der Waals surface area contributed by atoms with Gasteiger partial charge in [0, 0.05) is 10.2 Å². The van der Waals surface area contributed by atoms with Crippen LogP contribution in [-0.4, -0.2) is 25.3 Å². The van der Waals surface area contributed by atoms with Crippen molar-refractivity contribution in [2.75, 3.05) is 24.7 Å². The summed E-state index contributed by atoms with van der Waals surface area (Å²) in [5, 5.41) is 2.65. The summed E-state index contributed by atoms with van der Waals surface area (Å²) in [4.78, 5) is 11.8. The summed E-state index contributed by atoms with van der Waals surface area (Å²) in [6, 6.07) is 7.14. The minimum absolute atomic E-state index is 0.238. The third kappa shape index (κ3) is 5.87. The normalized spacial score (nSPS) is 11.3. The van der Waals surface area contributed by atoms with E-state index in [1.165, 1.54) is 0 Å². The van der Waals surface area contributed by atoms with Crippen molar-refractivity contribution in [2.45, 2.75) is 13.8 Å². The van der Waals surface area contributed by atoms with E-state index in [1.54, 1.807) is 32.0 Å². The highest BCUT2D eigenvalue weighted by atomic mass is 79.9. The van der Waals surface area contributed by atoms with Crippen LogP contribution in [0.1, 0.15) is 13.8 Å². The Hall–Kier alpha value is -0.680. The summed E-state index contributed by atoms with van der Waals surface area (Å²) >= 11 is 3.31. The third-order valence-electron chi connectivity index (χ3n) is 2.10. The molecule has 0 radical (unpaired) electrons. The van der Waals surface area contributed by atoms with Gasteiger partial charge in [0.05, 0.1) is 13.2 Å². The lowest BCUT2D eigenvalue weighted by molar-refractivity contribution is -0.114. The summed E-state index contributed by atoms with van der Waals surface area (Å²) in [7, 11) is -3.35. The molecule has 0 saturated carbocycles. The predicted molar refractivity (Wildman–Crippen MR) is 78.5 cm³/mol. The van der Waals surface area contributed by atoms with E-state index in [4.69, 9.17) is 9.05 Å². The zero-order valence-corrected chi connectivity index (χ0v) is 13.4. The van der Waals surface area contributed by atoms with E-state index in [9.17, 15) is 9.36 Å². The van der Waals surface area contributed by atoms with Crippen LogP contribution in [0.4, 0.5) is 5.69 Å². The van der Waals surface area contributed by atoms with Crippen molar-refractivity contribution in [1.29, 1.82) is 0 Å². The number of hydrogen-bond donors (Lipinski definition) is 1. The number of carbonyl (C=O) groups excluding carboxylic acids is 1. The number of anilines is 1. The standard InChI is InChI=1S/C12H17BrNO4P/c1-3-17-19(16,18-4-2)9-12(15)14-11-7-5-6-10(13)8-11/h5-8H,3-4,9H2,1-2H3,(H,14,15). The van der Waals surface area contributed by atoms with Crippen LogP contribution in [0, 0.1) is 0 Å². The number of rotatable bonds is 7. The molecule has 0 unspecified atom stereocenters.